The van der Waals surface area contributed by atoms with Gasteiger partial charge in [0.2, 0.25) is 0 Å². The van der Waals surface area contributed by atoms with Gasteiger partial charge in [-0.1, -0.05) is 42.5 Å². The number of alkyl halides is 2. The Bertz CT molecular complexity index is 1280. The first-order chi connectivity index (χ1) is 17.0. The predicted octanol–water partition coefficient (Wildman–Crippen LogP) is 4.59. The van der Waals surface area contributed by atoms with Crippen LogP contribution in [0.4, 0.5) is 8.78 Å². The molecule has 0 fully saturated rings. The number of hydrogen-bond acceptors (Lipinski definition) is 6. The van der Waals surface area contributed by atoms with E-state index >= 15 is 0 Å². The van der Waals surface area contributed by atoms with Gasteiger partial charge < -0.3 is 19.5 Å². The summed E-state index contributed by atoms with van der Waals surface area (Å²) in [5.41, 5.74) is 1.61. The van der Waals surface area contributed by atoms with E-state index in [9.17, 15) is 13.6 Å². The van der Waals surface area contributed by atoms with E-state index in [1.165, 1.54) is 25.3 Å². The molecule has 1 heterocycles. The lowest BCUT2D eigenvalue weighted by atomic mass is 10.1. The summed E-state index contributed by atoms with van der Waals surface area (Å²) in [6.07, 6.45) is 0. The lowest BCUT2D eigenvalue weighted by Gasteiger charge is -2.10. The monoisotopic (exact) mass is 480 g/mol. The maximum atomic E-state index is 12.6. The summed E-state index contributed by atoms with van der Waals surface area (Å²) >= 11 is 0. The number of carbonyl (C=O) groups excluding carboxylic acids is 1. The third-order valence-corrected chi connectivity index (χ3v) is 4.96. The van der Waals surface area contributed by atoms with Crippen molar-refractivity contribution in [2.75, 3.05) is 7.11 Å². The zero-order chi connectivity index (χ0) is 24.6. The highest BCUT2D eigenvalue weighted by molar-refractivity contribution is 5.96. The highest BCUT2D eigenvalue weighted by Gasteiger charge is 2.17. The number of benzene rings is 3. The Hall–Kier alpha value is -4.47. The van der Waals surface area contributed by atoms with Crippen LogP contribution in [-0.2, 0) is 13.2 Å². The van der Waals surface area contributed by atoms with Crippen LogP contribution in [0, 0.1) is 0 Å². The molecule has 10 heteroatoms. The van der Waals surface area contributed by atoms with Crippen molar-refractivity contribution in [2.24, 2.45) is 0 Å². The molecular weight excluding hydrogens is 458 g/mol. The highest BCUT2D eigenvalue weighted by Crippen LogP contribution is 2.31. The molecule has 1 aromatic heterocycles. The topological polar surface area (TPSA) is 98.4 Å². The van der Waals surface area contributed by atoms with Crippen LogP contribution >= 0.6 is 0 Å². The standard InChI is InChI=1S/C25H22F2N4O4/c1-33-20-12-11-17(34-15-16-7-3-2-4-8-16)13-19(20)23-29-22(30-31-23)14-28-24(32)18-9-5-6-10-21(18)35-25(26)27/h2-13,25H,14-15H2,1H3,(H,28,32)(H,29,30,31). The number of methoxy groups -OCH3 is 1. The maximum Gasteiger partial charge on any atom is 0.387 e. The Balaban J connectivity index is 1.45. The zero-order valence-corrected chi connectivity index (χ0v) is 18.7. The van der Waals surface area contributed by atoms with E-state index in [4.69, 9.17) is 9.47 Å². The van der Waals surface area contributed by atoms with E-state index in [1.807, 2.05) is 30.3 Å². The molecule has 0 bridgehead atoms. The van der Waals surface area contributed by atoms with Gasteiger partial charge in [-0.15, -0.1) is 0 Å². The first kappa shape index (κ1) is 23.7. The maximum absolute atomic E-state index is 12.6. The molecule has 0 atom stereocenters. The van der Waals surface area contributed by atoms with Crippen LogP contribution in [-0.4, -0.2) is 34.8 Å². The molecule has 180 valence electrons. The minimum absolute atomic E-state index is 0.0125. The van der Waals surface area contributed by atoms with Crippen molar-refractivity contribution < 1.29 is 27.8 Å². The van der Waals surface area contributed by atoms with Crippen molar-refractivity contribution in [2.45, 2.75) is 19.8 Å². The second-order valence-corrected chi connectivity index (χ2v) is 7.30. The van der Waals surface area contributed by atoms with Crippen molar-refractivity contribution in [3.05, 3.63) is 89.7 Å². The lowest BCUT2D eigenvalue weighted by molar-refractivity contribution is -0.0501. The van der Waals surface area contributed by atoms with Gasteiger partial charge in [-0.3, -0.25) is 9.89 Å². The number of para-hydroxylation sites is 1. The smallest absolute Gasteiger partial charge is 0.387 e. The Kier molecular flexibility index (Phi) is 7.51. The second-order valence-electron chi connectivity index (χ2n) is 7.30. The number of aromatic nitrogens is 3. The molecule has 0 saturated carbocycles. The van der Waals surface area contributed by atoms with E-state index in [2.05, 4.69) is 25.2 Å². The van der Waals surface area contributed by atoms with Crippen LogP contribution in [0.3, 0.4) is 0 Å². The molecule has 0 aliphatic carbocycles. The fourth-order valence-corrected chi connectivity index (χ4v) is 3.30. The van der Waals surface area contributed by atoms with E-state index in [0.29, 0.717) is 35.3 Å². The highest BCUT2D eigenvalue weighted by atomic mass is 19.3. The van der Waals surface area contributed by atoms with Gasteiger partial charge in [0.1, 0.15) is 29.7 Å². The van der Waals surface area contributed by atoms with E-state index in [0.717, 1.165) is 5.56 Å². The van der Waals surface area contributed by atoms with E-state index in [1.54, 1.807) is 24.3 Å². The van der Waals surface area contributed by atoms with Gasteiger partial charge in [0.25, 0.3) is 5.91 Å². The molecule has 4 rings (SSSR count). The molecule has 0 radical (unpaired) electrons. The third-order valence-electron chi connectivity index (χ3n) is 4.96. The fraction of sp³-hybridized carbons (Fsp3) is 0.160. The Morgan fingerprint density at radius 3 is 2.57 bits per heavy atom. The normalized spacial score (nSPS) is 10.7. The molecule has 0 saturated heterocycles. The lowest BCUT2D eigenvalue weighted by Crippen LogP contribution is -2.24. The van der Waals surface area contributed by atoms with Gasteiger partial charge in [-0.05, 0) is 35.9 Å². The van der Waals surface area contributed by atoms with Crippen molar-refractivity contribution >= 4 is 5.91 Å². The Morgan fingerprint density at radius 2 is 1.80 bits per heavy atom. The summed E-state index contributed by atoms with van der Waals surface area (Å²) in [7, 11) is 1.54. The van der Waals surface area contributed by atoms with Crippen molar-refractivity contribution in [1.29, 1.82) is 0 Å². The summed E-state index contributed by atoms with van der Waals surface area (Å²) in [6.45, 7) is -2.65. The van der Waals surface area contributed by atoms with Crippen molar-refractivity contribution in [1.82, 2.24) is 20.5 Å². The largest absolute Gasteiger partial charge is 0.496 e. The molecule has 8 nitrogen and oxygen atoms in total. The number of hydrogen-bond donors (Lipinski definition) is 2. The van der Waals surface area contributed by atoms with E-state index < -0.39 is 12.5 Å². The van der Waals surface area contributed by atoms with Crippen molar-refractivity contribution in [3.63, 3.8) is 0 Å². The number of H-pyrrole nitrogens is 1. The predicted molar refractivity (Wildman–Crippen MR) is 123 cm³/mol. The van der Waals surface area contributed by atoms with Crippen LogP contribution in [0.15, 0.2) is 72.8 Å². The number of nitrogens with zero attached hydrogens (tertiary/aromatic N) is 2. The summed E-state index contributed by atoms with van der Waals surface area (Å²) in [4.78, 5) is 16.9. The number of nitrogens with one attached hydrogen (secondary N) is 2. The average Bonchev–Trinajstić information content (AvgIpc) is 3.35. The molecule has 0 unspecified atom stereocenters. The van der Waals surface area contributed by atoms with Gasteiger partial charge in [0.05, 0.1) is 24.8 Å². The van der Waals surface area contributed by atoms with Crippen LogP contribution < -0.4 is 19.5 Å². The summed E-state index contributed by atoms with van der Waals surface area (Å²) in [5.74, 6) is 1.06. The van der Waals surface area contributed by atoms with Crippen LogP contribution in [0.25, 0.3) is 11.4 Å². The molecule has 3 aromatic carbocycles. The molecular formula is C25H22F2N4O4. The minimum Gasteiger partial charge on any atom is -0.496 e. The quantitative estimate of drug-likeness (QED) is 0.345. The Labute approximate surface area is 199 Å². The molecule has 2 N–H and O–H groups in total. The third kappa shape index (κ3) is 6.11. The van der Waals surface area contributed by atoms with Gasteiger partial charge in [0, 0.05) is 0 Å². The number of carbonyl (C=O) groups is 1. The fourth-order valence-electron chi connectivity index (χ4n) is 3.30. The molecule has 0 aliphatic heterocycles. The molecule has 0 aliphatic rings. The minimum atomic E-state index is -3.04. The van der Waals surface area contributed by atoms with Gasteiger partial charge >= 0.3 is 6.61 Å². The number of ether oxygens (including phenoxy) is 3. The SMILES string of the molecule is COc1ccc(OCc2ccccc2)cc1-c1n[nH]c(CNC(=O)c2ccccc2OC(F)F)n1. The summed E-state index contributed by atoms with van der Waals surface area (Å²) < 4.78 is 40.9. The second kappa shape index (κ2) is 11.1. The summed E-state index contributed by atoms with van der Waals surface area (Å²) in [6, 6.07) is 20.8. The van der Waals surface area contributed by atoms with Gasteiger partial charge in [0.15, 0.2) is 5.82 Å². The summed E-state index contributed by atoms with van der Waals surface area (Å²) in [5, 5.41) is 9.60. The van der Waals surface area contributed by atoms with Crippen LogP contribution in [0.5, 0.6) is 17.2 Å². The molecule has 1 amide bonds. The number of halogens is 2. The zero-order valence-electron chi connectivity index (χ0n) is 18.7. The average molecular weight is 480 g/mol. The van der Waals surface area contributed by atoms with Crippen LogP contribution in [0.2, 0.25) is 0 Å². The molecule has 35 heavy (non-hydrogen) atoms. The van der Waals surface area contributed by atoms with Crippen molar-refractivity contribution in [3.8, 4) is 28.6 Å². The molecule has 0 spiro atoms. The Morgan fingerprint density at radius 1 is 1.03 bits per heavy atom. The van der Waals surface area contributed by atoms with Gasteiger partial charge in [-0.25, -0.2) is 4.98 Å². The van der Waals surface area contributed by atoms with Crippen LogP contribution in [0.1, 0.15) is 21.7 Å². The number of aromatic amines is 1. The first-order valence-corrected chi connectivity index (χ1v) is 10.6. The number of rotatable bonds is 10. The van der Waals surface area contributed by atoms with E-state index in [-0.39, 0.29) is 17.9 Å². The van der Waals surface area contributed by atoms with Gasteiger partial charge in [-0.2, -0.15) is 13.9 Å². The first-order valence-electron chi connectivity index (χ1n) is 10.6. The number of amides is 1. The molecule has 4 aromatic rings.